The van der Waals surface area contributed by atoms with Gasteiger partial charge in [-0.3, -0.25) is 0 Å². The van der Waals surface area contributed by atoms with Crippen molar-refractivity contribution < 1.29 is 8.42 Å². The first-order valence-electron chi connectivity index (χ1n) is 8.12. The third-order valence-corrected chi connectivity index (χ3v) is 7.20. The normalized spacial score (nSPS) is 17.8. The quantitative estimate of drug-likeness (QED) is 0.818. The Morgan fingerprint density at radius 3 is 2.32 bits per heavy atom. The lowest BCUT2D eigenvalue weighted by molar-refractivity contribution is 0.277. The van der Waals surface area contributed by atoms with Crippen LogP contribution in [-0.4, -0.2) is 25.8 Å². The molecule has 0 bridgehead atoms. The van der Waals surface area contributed by atoms with Crippen LogP contribution in [0, 0.1) is 18.3 Å². The molecule has 130 valence electrons. The molecule has 0 aromatic heterocycles. The fourth-order valence-corrected chi connectivity index (χ4v) is 4.93. The van der Waals surface area contributed by atoms with E-state index < -0.39 is 15.4 Å². The predicted molar refractivity (Wildman–Crippen MR) is 97.9 cm³/mol. The van der Waals surface area contributed by atoms with Crippen LogP contribution in [0.25, 0.3) is 0 Å². The van der Waals surface area contributed by atoms with Gasteiger partial charge in [-0.25, -0.2) is 8.42 Å². The third-order valence-electron chi connectivity index (χ3n) is 4.90. The van der Waals surface area contributed by atoms with Crippen molar-refractivity contribution in [2.75, 3.05) is 13.1 Å². The minimum absolute atomic E-state index is 0.201. The molecule has 1 aliphatic heterocycles. The standard InChI is InChI=1S/C19H19ClN2O2S/c1-15-7-8-17(13-18(15)20)25(23,24)22-11-9-19(14-21,10-12-22)16-5-3-2-4-6-16/h2-8,13H,9-12H2,1H3. The molecule has 1 heterocycles. The summed E-state index contributed by atoms with van der Waals surface area (Å²) in [6, 6.07) is 16.8. The SMILES string of the molecule is Cc1ccc(S(=O)(=O)N2CCC(C#N)(c3ccccc3)CC2)cc1Cl. The van der Waals surface area contributed by atoms with Gasteiger partial charge in [-0.2, -0.15) is 9.57 Å². The van der Waals surface area contributed by atoms with E-state index in [1.165, 1.54) is 10.4 Å². The first-order valence-corrected chi connectivity index (χ1v) is 9.94. The van der Waals surface area contributed by atoms with Crippen molar-refractivity contribution in [3.8, 4) is 6.07 Å². The third kappa shape index (κ3) is 3.30. The average molecular weight is 375 g/mol. The highest BCUT2D eigenvalue weighted by molar-refractivity contribution is 7.89. The highest BCUT2D eigenvalue weighted by atomic mass is 35.5. The van der Waals surface area contributed by atoms with Gasteiger partial charge in [0.15, 0.2) is 0 Å². The van der Waals surface area contributed by atoms with Gasteiger partial charge in [0.1, 0.15) is 0 Å². The minimum atomic E-state index is -3.60. The van der Waals surface area contributed by atoms with Crippen LogP contribution in [0.5, 0.6) is 0 Å². The van der Waals surface area contributed by atoms with Gasteiger partial charge in [-0.1, -0.05) is 48.0 Å². The fraction of sp³-hybridized carbons (Fsp3) is 0.316. The summed E-state index contributed by atoms with van der Waals surface area (Å²) in [6.45, 7) is 2.47. The number of rotatable bonds is 3. The summed E-state index contributed by atoms with van der Waals surface area (Å²) < 4.78 is 27.2. The van der Waals surface area contributed by atoms with Crippen molar-refractivity contribution in [2.24, 2.45) is 0 Å². The van der Waals surface area contributed by atoms with E-state index in [9.17, 15) is 13.7 Å². The average Bonchev–Trinajstić information content (AvgIpc) is 2.64. The van der Waals surface area contributed by atoms with Crippen LogP contribution >= 0.6 is 11.6 Å². The maximum atomic E-state index is 12.9. The van der Waals surface area contributed by atoms with E-state index >= 15 is 0 Å². The van der Waals surface area contributed by atoms with Crippen LogP contribution < -0.4 is 0 Å². The van der Waals surface area contributed by atoms with Crippen molar-refractivity contribution in [1.29, 1.82) is 5.26 Å². The largest absolute Gasteiger partial charge is 0.243 e. The molecule has 0 aliphatic carbocycles. The Kier molecular flexibility index (Phi) is 4.88. The van der Waals surface area contributed by atoms with Gasteiger partial charge in [0.05, 0.1) is 16.4 Å². The van der Waals surface area contributed by atoms with Gasteiger partial charge in [0, 0.05) is 18.1 Å². The first kappa shape index (κ1) is 17.9. The molecular weight excluding hydrogens is 356 g/mol. The molecule has 0 unspecified atom stereocenters. The summed E-state index contributed by atoms with van der Waals surface area (Å²) in [7, 11) is -3.60. The zero-order valence-corrected chi connectivity index (χ0v) is 15.5. The molecular formula is C19H19ClN2O2S. The molecule has 2 aromatic rings. The summed E-state index contributed by atoms with van der Waals surface area (Å²) in [6.07, 6.45) is 0.957. The smallest absolute Gasteiger partial charge is 0.207 e. The monoisotopic (exact) mass is 374 g/mol. The van der Waals surface area contributed by atoms with E-state index in [1.807, 2.05) is 37.3 Å². The number of piperidine rings is 1. The summed E-state index contributed by atoms with van der Waals surface area (Å²) in [5, 5.41) is 10.2. The Morgan fingerprint density at radius 1 is 1.12 bits per heavy atom. The van der Waals surface area contributed by atoms with Gasteiger partial charge < -0.3 is 0 Å². The Morgan fingerprint density at radius 2 is 1.76 bits per heavy atom. The van der Waals surface area contributed by atoms with Crippen molar-refractivity contribution >= 4 is 21.6 Å². The second kappa shape index (κ2) is 6.80. The second-order valence-electron chi connectivity index (χ2n) is 6.38. The topological polar surface area (TPSA) is 61.2 Å². The summed E-state index contributed by atoms with van der Waals surface area (Å²) in [5.41, 5.74) is 1.16. The van der Waals surface area contributed by atoms with Gasteiger partial charge in [0.2, 0.25) is 10.0 Å². The summed E-state index contributed by atoms with van der Waals surface area (Å²) in [5.74, 6) is 0. The number of aryl methyl sites for hydroxylation is 1. The van der Waals surface area contributed by atoms with Crippen LogP contribution in [0.15, 0.2) is 53.4 Å². The Hall–Kier alpha value is -1.87. The Balaban J connectivity index is 1.84. The van der Waals surface area contributed by atoms with E-state index in [0.29, 0.717) is 31.0 Å². The highest BCUT2D eigenvalue weighted by Crippen LogP contribution is 2.36. The molecule has 1 aliphatic rings. The molecule has 0 radical (unpaired) electrons. The van der Waals surface area contributed by atoms with Crippen molar-refractivity contribution in [1.82, 2.24) is 4.31 Å². The molecule has 0 N–H and O–H groups in total. The van der Waals surface area contributed by atoms with E-state index in [4.69, 9.17) is 11.6 Å². The molecule has 1 fully saturated rings. The van der Waals surface area contributed by atoms with Gasteiger partial charge >= 0.3 is 0 Å². The molecule has 6 heteroatoms. The zero-order chi connectivity index (χ0) is 18.1. The molecule has 3 rings (SSSR count). The number of hydrogen-bond donors (Lipinski definition) is 0. The molecule has 25 heavy (non-hydrogen) atoms. The maximum absolute atomic E-state index is 12.9. The van der Waals surface area contributed by atoms with Gasteiger partial charge in [-0.15, -0.1) is 0 Å². The van der Waals surface area contributed by atoms with E-state index in [-0.39, 0.29) is 4.90 Å². The number of nitriles is 1. The summed E-state index contributed by atoms with van der Waals surface area (Å²) in [4.78, 5) is 0.201. The van der Waals surface area contributed by atoms with E-state index in [0.717, 1.165) is 11.1 Å². The van der Waals surface area contributed by atoms with Crippen LogP contribution in [0.3, 0.4) is 0 Å². The summed E-state index contributed by atoms with van der Waals surface area (Å²) >= 11 is 6.08. The molecule has 0 saturated carbocycles. The van der Waals surface area contributed by atoms with Crippen LogP contribution in [0.2, 0.25) is 5.02 Å². The lowest BCUT2D eigenvalue weighted by Crippen LogP contribution is -2.44. The first-order chi connectivity index (χ1) is 11.9. The van der Waals surface area contributed by atoms with Crippen LogP contribution in [0.1, 0.15) is 24.0 Å². The number of benzene rings is 2. The molecule has 0 spiro atoms. The van der Waals surface area contributed by atoms with Crippen molar-refractivity contribution in [3.63, 3.8) is 0 Å². The second-order valence-corrected chi connectivity index (χ2v) is 8.72. The van der Waals surface area contributed by atoms with Gasteiger partial charge in [-0.05, 0) is 43.0 Å². The fourth-order valence-electron chi connectivity index (χ4n) is 3.21. The van der Waals surface area contributed by atoms with Crippen molar-refractivity contribution in [2.45, 2.75) is 30.1 Å². The number of halogens is 1. The molecule has 0 atom stereocenters. The zero-order valence-electron chi connectivity index (χ0n) is 13.9. The van der Waals surface area contributed by atoms with Crippen LogP contribution in [-0.2, 0) is 15.4 Å². The molecule has 4 nitrogen and oxygen atoms in total. The number of nitrogens with zero attached hydrogens (tertiary/aromatic N) is 2. The number of hydrogen-bond acceptors (Lipinski definition) is 3. The molecule has 1 saturated heterocycles. The molecule has 0 amide bonds. The minimum Gasteiger partial charge on any atom is -0.207 e. The Bertz CT molecular complexity index is 912. The van der Waals surface area contributed by atoms with E-state index in [2.05, 4.69) is 6.07 Å². The lowest BCUT2D eigenvalue weighted by atomic mass is 9.74. The van der Waals surface area contributed by atoms with Gasteiger partial charge in [0.25, 0.3) is 0 Å². The Labute approximate surface area is 153 Å². The predicted octanol–water partition coefficient (Wildman–Crippen LogP) is 3.89. The number of sulfonamides is 1. The molecule has 2 aromatic carbocycles. The highest BCUT2D eigenvalue weighted by Gasteiger charge is 2.40. The lowest BCUT2D eigenvalue weighted by Gasteiger charge is -2.37. The van der Waals surface area contributed by atoms with E-state index in [1.54, 1.807) is 12.1 Å². The van der Waals surface area contributed by atoms with Crippen LogP contribution in [0.4, 0.5) is 0 Å². The maximum Gasteiger partial charge on any atom is 0.243 e. The van der Waals surface area contributed by atoms with Crippen molar-refractivity contribution in [3.05, 3.63) is 64.7 Å².